The molecule has 0 aliphatic carbocycles. The molecule has 4 N–H and O–H groups in total. The van der Waals surface area contributed by atoms with E-state index in [9.17, 15) is 24.3 Å². The fraction of sp³-hybridized carbons (Fsp3) is 0.333. The molecule has 0 unspecified atom stereocenters. The monoisotopic (exact) mass is 575 g/mol. The van der Waals surface area contributed by atoms with Crippen molar-refractivity contribution in [1.29, 1.82) is 0 Å². The Morgan fingerprint density at radius 2 is 2.08 bits per heavy atom. The summed E-state index contributed by atoms with van der Waals surface area (Å²) in [6.07, 6.45) is 0.350. The van der Waals surface area contributed by atoms with Crippen LogP contribution in [0.15, 0.2) is 40.0 Å². The van der Waals surface area contributed by atoms with E-state index in [2.05, 4.69) is 15.5 Å². The molecule has 38 heavy (non-hydrogen) atoms. The lowest BCUT2D eigenvalue weighted by Gasteiger charge is -2.49. The molecule has 1 saturated heterocycles. The fourth-order valence-electron chi connectivity index (χ4n) is 4.21. The van der Waals surface area contributed by atoms with Gasteiger partial charge in [0.1, 0.15) is 29.9 Å². The fourth-order valence-corrected chi connectivity index (χ4v) is 6.78. The van der Waals surface area contributed by atoms with E-state index in [0.717, 1.165) is 28.0 Å². The summed E-state index contributed by atoms with van der Waals surface area (Å²) >= 11 is 3.72. The molecule has 1 fully saturated rings. The van der Waals surface area contributed by atoms with E-state index in [4.69, 9.17) is 10.6 Å². The summed E-state index contributed by atoms with van der Waals surface area (Å²) < 4.78 is 0. The zero-order chi connectivity index (χ0) is 27.6. The summed E-state index contributed by atoms with van der Waals surface area (Å²) in [7, 11) is 1.28. The Morgan fingerprint density at radius 3 is 2.71 bits per heavy atom. The average molecular weight is 576 g/mol. The summed E-state index contributed by atoms with van der Waals surface area (Å²) in [5.41, 5.74) is 9.18. The van der Waals surface area contributed by atoms with Crippen LogP contribution in [0.5, 0.6) is 0 Å². The van der Waals surface area contributed by atoms with Gasteiger partial charge in [0.05, 0.1) is 0 Å². The topological polar surface area (TPSA) is 164 Å². The highest BCUT2D eigenvalue weighted by atomic mass is 32.2. The molecular weight excluding hydrogens is 550 g/mol. The van der Waals surface area contributed by atoms with Crippen molar-refractivity contribution in [2.75, 3.05) is 18.6 Å². The molecule has 11 nitrogen and oxygen atoms in total. The van der Waals surface area contributed by atoms with Gasteiger partial charge in [0.25, 0.3) is 11.8 Å². The lowest BCUT2D eigenvalue weighted by atomic mass is 9.95. The largest absolute Gasteiger partial charge is 0.477 e. The molecule has 4 rings (SSSR count). The Balaban J connectivity index is 1.53. The third kappa shape index (κ3) is 5.56. The second-order valence-corrected chi connectivity index (χ2v) is 11.6. The minimum absolute atomic E-state index is 0.0228. The van der Waals surface area contributed by atoms with Gasteiger partial charge in [-0.15, -0.1) is 23.1 Å². The highest BCUT2D eigenvalue weighted by Crippen LogP contribution is 2.41. The Bertz CT molecular complexity index is 1370. The van der Waals surface area contributed by atoms with Crippen LogP contribution in [-0.2, 0) is 36.2 Å². The lowest BCUT2D eigenvalue weighted by molar-refractivity contribution is -0.150. The molecule has 3 heterocycles. The second-order valence-electron chi connectivity index (χ2n) is 8.47. The number of hydrogen-bond donors (Lipinski definition) is 3. The number of amides is 2. The standard InChI is InChI=1S/C24H25N5O6S3/c1-11-13(5-4-6-14(11)8-36-12(2)30)7-15-9-37-22-18(21(32)29(22)19(15)23(33)34)27-20(31)17(28-35-3)16-10-38-24(25)26-16/h4-6,10,18,22H,7-9H2,1-3H3,(H2,25,26)(H,27,31)(H,33,34)/b28-17-/t18-,22-/m1/s1. The Labute approximate surface area is 230 Å². The van der Waals surface area contributed by atoms with Gasteiger partial charge in [-0.2, -0.15) is 0 Å². The number of nitrogens with two attached hydrogens (primary N) is 1. The van der Waals surface area contributed by atoms with Crippen LogP contribution in [-0.4, -0.2) is 67.9 Å². The number of carbonyl (C=O) groups is 4. The van der Waals surface area contributed by atoms with Gasteiger partial charge in [-0.1, -0.05) is 35.1 Å². The number of fused-ring (bicyclic) bond motifs is 1. The Hall–Kier alpha value is -3.36. The van der Waals surface area contributed by atoms with Gasteiger partial charge in [0, 0.05) is 23.8 Å². The number of carboxylic acids is 1. The van der Waals surface area contributed by atoms with E-state index >= 15 is 0 Å². The maximum atomic E-state index is 13.1. The van der Waals surface area contributed by atoms with E-state index in [1.165, 1.54) is 42.5 Å². The molecule has 14 heteroatoms. The number of anilines is 1. The molecule has 0 spiro atoms. The molecular formula is C24H25N5O6S3. The van der Waals surface area contributed by atoms with Crippen molar-refractivity contribution in [2.24, 2.45) is 5.16 Å². The molecule has 2 aliphatic heterocycles. The predicted molar refractivity (Wildman–Crippen MR) is 147 cm³/mol. The third-order valence-electron chi connectivity index (χ3n) is 6.09. The van der Waals surface area contributed by atoms with E-state index in [0.29, 0.717) is 23.5 Å². The minimum Gasteiger partial charge on any atom is -0.477 e. The number of nitrogens with zero attached hydrogens (tertiary/aromatic N) is 3. The van der Waals surface area contributed by atoms with Crippen LogP contribution in [0.3, 0.4) is 0 Å². The molecule has 1 aromatic carbocycles. The summed E-state index contributed by atoms with van der Waals surface area (Å²) in [5, 5.41) is 17.6. The lowest BCUT2D eigenvalue weighted by Crippen LogP contribution is -2.71. The first-order valence-electron chi connectivity index (χ1n) is 11.4. The molecule has 2 amide bonds. The number of thiazole rings is 1. The number of rotatable bonds is 9. The van der Waals surface area contributed by atoms with Gasteiger partial charge in [-0.25, -0.2) is 9.78 Å². The Morgan fingerprint density at radius 1 is 1.34 bits per heavy atom. The smallest absolute Gasteiger partial charge is 0.352 e. The molecule has 1 aromatic heterocycles. The maximum absolute atomic E-state index is 13.1. The van der Waals surface area contributed by atoms with Gasteiger partial charge in [-0.3, -0.25) is 19.3 Å². The predicted octanol–water partition coefficient (Wildman–Crippen LogP) is 2.15. The van der Waals surface area contributed by atoms with Crippen molar-refractivity contribution in [3.8, 4) is 0 Å². The van der Waals surface area contributed by atoms with Crippen LogP contribution in [0.1, 0.15) is 29.3 Å². The molecule has 0 radical (unpaired) electrons. The number of carboxylic acid groups (broad SMARTS) is 1. The van der Waals surface area contributed by atoms with Crippen molar-refractivity contribution in [1.82, 2.24) is 15.2 Å². The van der Waals surface area contributed by atoms with Crippen LogP contribution in [0.25, 0.3) is 0 Å². The zero-order valence-corrected chi connectivity index (χ0v) is 23.2. The number of β-lactam (4-membered cyclic amide) rings is 1. The first-order chi connectivity index (χ1) is 18.1. The van der Waals surface area contributed by atoms with Gasteiger partial charge < -0.3 is 21.0 Å². The summed E-state index contributed by atoms with van der Waals surface area (Å²) in [4.78, 5) is 59.7. The maximum Gasteiger partial charge on any atom is 0.352 e. The molecule has 2 atom stereocenters. The minimum atomic E-state index is -1.20. The molecule has 200 valence electrons. The van der Waals surface area contributed by atoms with E-state index < -0.39 is 29.2 Å². The number of aromatic nitrogens is 1. The highest BCUT2D eigenvalue weighted by molar-refractivity contribution is 8.12. The van der Waals surface area contributed by atoms with Crippen molar-refractivity contribution < 1.29 is 29.1 Å². The molecule has 0 bridgehead atoms. The summed E-state index contributed by atoms with van der Waals surface area (Å²) in [6, 6.07) is 4.81. The van der Waals surface area contributed by atoms with Crippen molar-refractivity contribution in [3.05, 3.63) is 57.2 Å². The van der Waals surface area contributed by atoms with Crippen LogP contribution in [0.4, 0.5) is 5.13 Å². The SMILES string of the molecule is CO/N=C(\C(=O)N[C@@H]1C(=O)N2C(C(=O)O)=C(Cc3cccc(CSC(C)=O)c3C)CS[C@H]12)c1csc(N)n1. The van der Waals surface area contributed by atoms with E-state index in [1.807, 2.05) is 25.1 Å². The summed E-state index contributed by atoms with van der Waals surface area (Å²) in [6.45, 7) is 3.46. The van der Waals surface area contributed by atoms with Crippen molar-refractivity contribution in [3.63, 3.8) is 0 Å². The van der Waals surface area contributed by atoms with Crippen LogP contribution >= 0.6 is 34.9 Å². The third-order valence-corrected chi connectivity index (χ3v) is 8.97. The van der Waals surface area contributed by atoms with Crippen molar-refractivity contribution >= 4 is 68.6 Å². The van der Waals surface area contributed by atoms with Crippen LogP contribution in [0, 0.1) is 6.92 Å². The van der Waals surface area contributed by atoms with Crippen LogP contribution < -0.4 is 11.1 Å². The number of aliphatic carboxylic acids is 1. The average Bonchev–Trinajstić information content (AvgIpc) is 3.31. The number of thioether (sulfide) groups is 2. The van der Waals surface area contributed by atoms with Gasteiger partial charge >= 0.3 is 5.97 Å². The number of benzene rings is 1. The van der Waals surface area contributed by atoms with Gasteiger partial charge in [0.15, 0.2) is 16.0 Å². The molecule has 2 aliphatic rings. The summed E-state index contributed by atoms with van der Waals surface area (Å²) in [5.74, 6) is -1.51. The van der Waals surface area contributed by atoms with Crippen molar-refractivity contribution in [2.45, 2.75) is 37.4 Å². The first kappa shape index (κ1) is 27.7. The normalized spacial score (nSPS) is 19.1. The quantitative estimate of drug-likeness (QED) is 0.229. The Kier molecular flexibility index (Phi) is 8.43. The number of carbonyl (C=O) groups excluding carboxylic acids is 3. The van der Waals surface area contributed by atoms with Crippen LogP contribution in [0.2, 0.25) is 0 Å². The molecule has 2 aromatic rings. The number of nitrogens with one attached hydrogen (secondary N) is 1. The number of oxime groups is 1. The first-order valence-corrected chi connectivity index (χ1v) is 14.3. The number of hydrogen-bond acceptors (Lipinski definition) is 11. The highest BCUT2D eigenvalue weighted by Gasteiger charge is 2.54. The number of nitrogen functional groups attached to an aromatic ring is 1. The zero-order valence-electron chi connectivity index (χ0n) is 20.7. The van der Waals surface area contributed by atoms with E-state index in [-0.39, 0.29) is 27.3 Å². The van der Waals surface area contributed by atoms with E-state index in [1.54, 1.807) is 5.38 Å². The van der Waals surface area contributed by atoms with Gasteiger partial charge in [0.2, 0.25) is 0 Å². The van der Waals surface area contributed by atoms with Gasteiger partial charge in [-0.05, 0) is 35.6 Å². The molecule has 0 saturated carbocycles. The second kappa shape index (κ2) is 11.6.